The van der Waals surface area contributed by atoms with Gasteiger partial charge in [0.2, 0.25) is 0 Å². The molecule has 6 aromatic rings. The SMILES string of the molecule is Cc1cc(C)c(-c2c3nc(cc4nc(cc5cc(C#Cc6ccccc6)c(cc6ccc2[nH]6)[nH]5)C(C)(C)C4)C(C#Cc2ccccc2)=C3)c(C)c1. The Hall–Kier alpha value is -6.36. The maximum absolute atomic E-state index is 5.34. The van der Waals surface area contributed by atoms with Gasteiger partial charge in [-0.25, -0.2) is 4.98 Å². The number of hydrogen-bond donors (Lipinski definition) is 2. The van der Waals surface area contributed by atoms with Gasteiger partial charge in [0, 0.05) is 56.5 Å². The molecule has 0 spiro atoms. The van der Waals surface area contributed by atoms with Gasteiger partial charge in [0.15, 0.2) is 0 Å². The van der Waals surface area contributed by atoms with Crippen LogP contribution in [0.4, 0.5) is 0 Å². The number of aromatic amines is 2. The van der Waals surface area contributed by atoms with Gasteiger partial charge in [-0.1, -0.05) is 91.6 Å². The van der Waals surface area contributed by atoms with Crippen LogP contribution in [0, 0.1) is 44.5 Å². The normalized spacial score (nSPS) is 13.1. The van der Waals surface area contributed by atoms with E-state index in [9.17, 15) is 0 Å². The lowest BCUT2D eigenvalue weighted by molar-refractivity contribution is 0.543. The van der Waals surface area contributed by atoms with Crippen molar-refractivity contribution >= 4 is 33.7 Å². The molecule has 4 nitrogen and oxygen atoms in total. The lowest BCUT2D eigenvalue weighted by Crippen LogP contribution is -2.14. The molecule has 0 saturated carbocycles. The zero-order valence-corrected chi connectivity index (χ0v) is 29.6. The molecule has 8 bridgehead atoms. The number of rotatable bonds is 1. The Labute approximate surface area is 299 Å². The van der Waals surface area contributed by atoms with Gasteiger partial charge >= 0.3 is 0 Å². The molecule has 2 N–H and O–H groups in total. The van der Waals surface area contributed by atoms with Crippen molar-refractivity contribution in [2.24, 2.45) is 0 Å². The van der Waals surface area contributed by atoms with Crippen LogP contribution in [0.3, 0.4) is 0 Å². The second kappa shape index (κ2) is 12.8. The van der Waals surface area contributed by atoms with Gasteiger partial charge < -0.3 is 9.97 Å². The van der Waals surface area contributed by atoms with Crippen LogP contribution >= 0.6 is 0 Å². The molecular formula is C47H38N4. The Balaban J connectivity index is 1.45. The Morgan fingerprint density at radius 1 is 0.608 bits per heavy atom. The fourth-order valence-electron chi connectivity index (χ4n) is 7.16. The Morgan fingerprint density at radius 3 is 1.98 bits per heavy atom. The molecule has 51 heavy (non-hydrogen) atoms. The predicted molar refractivity (Wildman–Crippen MR) is 211 cm³/mol. The predicted octanol–water partition coefficient (Wildman–Crippen LogP) is 10.4. The van der Waals surface area contributed by atoms with Gasteiger partial charge in [-0.2, -0.15) is 0 Å². The van der Waals surface area contributed by atoms with Crippen molar-refractivity contribution in [1.29, 1.82) is 0 Å². The minimum Gasteiger partial charge on any atom is -0.355 e. The maximum Gasteiger partial charge on any atom is 0.0812 e. The zero-order valence-electron chi connectivity index (χ0n) is 29.6. The summed E-state index contributed by atoms with van der Waals surface area (Å²) < 4.78 is 0. The number of aryl methyl sites for hydroxylation is 3. The number of H-pyrrole nitrogens is 2. The minimum absolute atomic E-state index is 0.169. The highest BCUT2D eigenvalue weighted by Gasteiger charge is 2.29. The van der Waals surface area contributed by atoms with Crippen LogP contribution in [0.15, 0.2) is 109 Å². The highest BCUT2D eigenvalue weighted by Crippen LogP contribution is 2.37. The van der Waals surface area contributed by atoms with E-state index in [0.29, 0.717) is 0 Å². The Bertz CT molecular complexity index is 2640. The summed E-state index contributed by atoms with van der Waals surface area (Å²) in [6, 6.07) is 37.6. The first-order valence-electron chi connectivity index (χ1n) is 17.4. The fraction of sp³-hybridized carbons (Fsp3) is 0.149. The smallest absolute Gasteiger partial charge is 0.0812 e. The summed E-state index contributed by atoms with van der Waals surface area (Å²) in [4.78, 5) is 17.9. The Kier molecular flexibility index (Phi) is 8.02. The van der Waals surface area contributed by atoms with E-state index < -0.39 is 0 Å². The van der Waals surface area contributed by atoms with Crippen LogP contribution in [0.1, 0.15) is 70.0 Å². The molecule has 0 saturated heterocycles. The van der Waals surface area contributed by atoms with E-state index in [-0.39, 0.29) is 5.41 Å². The van der Waals surface area contributed by atoms with E-state index in [1.807, 2.05) is 60.7 Å². The van der Waals surface area contributed by atoms with Crippen LogP contribution in [0.2, 0.25) is 0 Å². The van der Waals surface area contributed by atoms with Crippen molar-refractivity contribution in [3.8, 4) is 34.8 Å². The molecular weight excluding hydrogens is 621 g/mol. The third-order valence-corrected chi connectivity index (χ3v) is 9.53. The molecule has 246 valence electrons. The number of nitrogens with zero attached hydrogens (tertiary/aromatic N) is 2. The van der Waals surface area contributed by atoms with E-state index in [2.05, 4.69) is 123 Å². The molecule has 2 aliphatic heterocycles. The second-order valence-electron chi connectivity index (χ2n) is 14.2. The first-order chi connectivity index (χ1) is 24.7. The van der Waals surface area contributed by atoms with Gasteiger partial charge in [0.1, 0.15) is 0 Å². The third-order valence-electron chi connectivity index (χ3n) is 9.53. The third kappa shape index (κ3) is 6.53. The summed E-state index contributed by atoms with van der Waals surface area (Å²) in [7, 11) is 0. The summed E-state index contributed by atoms with van der Waals surface area (Å²) >= 11 is 0. The first kappa shape index (κ1) is 31.9. The molecule has 2 aliphatic rings. The van der Waals surface area contributed by atoms with Crippen LogP contribution in [0.5, 0.6) is 0 Å². The quantitative estimate of drug-likeness (QED) is 0.173. The van der Waals surface area contributed by atoms with Crippen molar-refractivity contribution in [2.75, 3.05) is 0 Å². The molecule has 0 aliphatic carbocycles. The van der Waals surface area contributed by atoms with E-state index in [1.54, 1.807) is 0 Å². The van der Waals surface area contributed by atoms with Crippen molar-refractivity contribution in [1.82, 2.24) is 19.9 Å². The second-order valence-corrected chi connectivity index (χ2v) is 14.2. The fourth-order valence-corrected chi connectivity index (χ4v) is 7.16. The number of benzene rings is 3. The molecule has 0 atom stereocenters. The molecule has 0 unspecified atom stereocenters. The molecule has 3 aromatic heterocycles. The van der Waals surface area contributed by atoms with Gasteiger partial charge in [-0.15, -0.1) is 0 Å². The molecule has 8 rings (SSSR count). The number of nitrogens with one attached hydrogen (secondary N) is 2. The standard InChI is InChI=1S/C47H38N4/c1-30-22-31(2)45(32(3)23-30)46-40-21-20-37(48-40)26-41-35(18-16-33-12-8-6-9-13-33)24-38(49-41)28-44-47(4,5)29-39(50-44)27-42-36(25-43(46)51-42)19-17-34-14-10-7-11-15-34/h6-15,20-28,48-49H,29H2,1-5H3. The summed E-state index contributed by atoms with van der Waals surface area (Å²) in [6.45, 7) is 11.0. The van der Waals surface area contributed by atoms with E-state index in [1.165, 1.54) is 22.3 Å². The molecule has 5 heterocycles. The average Bonchev–Trinajstić information content (AvgIpc) is 3.88. The van der Waals surface area contributed by atoms with Crippen LogP contribution in [-0.4, -0.2) is 19.9 Å². The first-order valence-corrected chi connectivity index (χ1v) is 17.4. The summed E-state index contributed by atoms with van der Waals surface area (Å²) in [5.74, 6) is 13.6. The van der Waals surface area contributed by atoms with Crippen molar-refractivity contribution in [2.45, 2.75) is 46.5 Å². The number of allylic oxidation sites excluding steroid dienone is 1. The van der Waals surface area contributed by atoms with Crippen LogP contribution in [0.25, 0.3) is 44.8 Å². The number of hydrogen-bond acceptors (Lipinski definition) is 2. The molecule has 0 fully saturated rings. The molecule has 4 heteroatoms. The highest BCUT2D eigenvalue weighted by atomic mass is 14.8. The lowest BCUT2D eigenvalue weighted by Gasteiger charge is -2.15. The van der Waals surface area contributed by atoms with Gasteiger partial charge in [-0.3, -0.25) is 4.98 Å². The lowest BCUT2D eigenvalue weighted by atomic mass is 9.87. The van der Waals surface area contributed by atoms with Crippen molar-refractivity contribution in [3.63, 3.8) is 0 Å². The molecule has 0 amide bonds. The number of aromatic nitrogens is 4. The topological polar surface area (TPSA) is 57.4 Å². The zero-order chi connectivity index (χ0) is 35.1. The summed E-state index contributed by atoms with van der Waals surface area (Å²) in [5.41, 5.74) is 17.0. The monoisotopic (exact) mass is 658 g/mol. The average molecular weight is 659 g/mol. The van der Waals surface area contributed by atoms with E-state index >= 15 is 0 Å². The van der Waals surface area contributed by atoms with Crippen LogP contribution in [-0.2, 0) is 11.8 Å². The minimum atomic E-state index is -0.169. The Morgan fingerprint density at radius 2 is 1.27 bits per heavy atom. The van der Waals surface area contributed by atoms with E-state index in [4.69, 9.17) is 9.97 Å². The van der Waals surface area contributed by atoms with Gasteiger partial charge in [0.25, 0.3) is 0 Å². The maximum atomic E-state index is 5.34. The van der Waals surface area contributed by atoms with E-state index in [0.717, 1.165) is 79.1 Å². The van der Waals surface area contributed by atoms with Crippen molar-refractivity contribution < 1.29 is 0 Å². The molecule has 0 radical (unpaired) electrons. The highest BCUT2D eigenvalue weighted by molar-refractivity contribution is 5.99. The van der Waals surface area contributed by atoms with Crippen molar-refractivity contribution in [3.05, 3.63) is 165 Å². The largest absolute Gasteiger partial charge is 0.355 e. The summed E-state index contributed by atoms with van der Waals surface area (Å²) in [5, 5.41) is 0. The van der Waals surface area contributed by atoms with Crippen LogP contribution < -0.4 is 0 Å². The number of fused-ring (bicyclic) bond motifs is 8. The van der Waals surface area contributed by atoms with Gasteiger partial charge in [0.05, 0.1) is 28.0 Å². The molecule has 3 aromatic carbocycles. The summed E-state index contributed by atoms with van der Waals surface area (Å²) in [6.07, 6.45) is 2.93. The van der Waals surface area contributed by atoms with Gasteiger partial charge in [-0.05, 0) is 104 Å².